The van der Waals surface area contributed by atoms with E-state index in [1.807, 2.05) is 19.9 Å². The van der Waals surface area contributed by atoms with Crippen molar-refractivity contribution in [3.63, 3.8) is 0 Å². The van der Waals surface area contributed by atoms with E-state index in [4.69, 9.17) is 9.47 Å². The number of esters is 1. The minimum atomic E-state index is -0.575. The van der Waals surface area contributed by atoms with Gasteiger partial charge in [0.05, 0.1) is 19.2 Å². The third-order valence-electron chi connectivity index (χ3n) is 3.94. The SMILES string of the molecule is COc1cccc(NC(=O)CN(C)C(=O)COC(=O)c2cc(C)cc(C)c2)c1. The molecular formula is C21H24N2O5. The molecule has 0 spiro atoms. The maximum absolute atomic E-state index is 12.1. The second kappa shape index (κ2) is 9.55. The van der Waals surface area contributed by atoms with Crippen LogP contribution in [0.15, 0.2) is 42.5 Å². The van der Waals surface area contributed by atoms with E-state index >= 15 is 0 Å². The maximum Gasteiger partial charge on any atom is 0.338 e. The second-order valence-corrected chi connectivity index (χ2v) is 6.48. The molecule has 0 aromatic heterocycles. The number of carbonyl (C=O) groups excluding carboxylic acids is 3. The van der Waals surface area contributed by atoms with Crippen LogP contribution in [0.25, 0.3) is 0 Å². The number of benzene rings is 2. The molecule has 2 rings (SSSR count). The lowest BCUT2D eigenvalue weighted by Gasteiger charge is -2.17. The number of amides is 2. The van der Waals surface area contributed by atoms with Gasteiger partial charge < -0.3 is 19.7 Å². The molecule has 0 aliphatic heterocycles. The molecule has 0 saturated heterocycles. The summed E-state index contributed by atoms with van der Waals surface area (Å²) in [7, 11) is 3.00. The quantitative estimate of drug-likeness (QED) is 0.742. The van der Waals surface area contributed by atoms with Crippen LogP contribution in [-0.2, 0) is 14.3 Å². The van der Waals surface area contributed by atoms with Crippen LogP contribution in [0.3, 0.4) is 0 Å². The van der Waals surface area contributed by atoms with Crippen molar-refractivity contribution in [2.45, 2.75) is 13.8 Å². The summed E-state index contributed by atoms with van der Waals surface area (Å²) in [5.41, 5.74) is 2.82. The van der Waals surface area contributed by atoms with Crippen molar-refractivity contribution in [2.75, 3.05) is 32.6 Å². The van der Waals surface area contributed by atoms with Crippen LogP contribution >= 0.6 is 0 Å². The van der Waals surface area contributed by atoms with E-state index in [-0.39, 0.29) is 12.5 Å². The minimum Gasteiger partial charge on any atom is -0.497 e. The van der Waals surface area contributed by atoms with Gasteiger partial charge in [0.15, 0.2) is 6.61 Å². The van der Waals surface area contributed by atoms with Gasteiger partial charge in [-0.1, -0.05) is 23.3 Å². The van der Waals surface area contributed by atoms with Gasteiger partial charge in [-0.3, -0.25) is 9.59 Å². The van der Waals surface area contributed by atoms with E-state index in [0.29, 0.717) is 17.0 Å². The number of anilines is 1. The van der Waals surface area contributed by atoms with Crippen LogP contribution in [0.2, 0.25) is 0 Å². The molecule has 0 bridgehead atoms. The summed E-state index contributed by atoms with van der Waals surface area (Å²) in [6.07, 6.45) is 0. The fourth-order valence-corrected chi connectivity index (χ4v) is 2.62. The van der Waals surface area contributed by atoms with Crippen molar-refractivity contribution in [3.05, 3.63) is 59.2 Å². The number of nitrogens with zero attached hydrogens (tertiary/aromatic N) is 1. The Hall–Kier alpha value is -3.35. The number of ether oxygens (including phenoxy) is 2. The highest BCUT2D eigenvalue weighted by atomic mass is 16.5. The van der Waals surface area contributed by atoms with Crippen LogP contribution in [0.1, 0.15) is 21.5 Å². The zero-order valence-corrected chi connectivity index (χ0v) is 16.4. The first kappa shape index (κ1) is 21.0. The summed E-state index contributed by atoms with van der Waals surface area (Å²) in [5.74, 6) is -0.807. The van der Waals surface area contributed by atoms with E-state index in [1.165, 1.54) is 19.1 Å². The van der Waals surface area contributed by atoms with Gasteiger partial charge in [-0.2, -0.15) is 0 Å². The molecule has 0 fully saturated rings. The molecule has 2 amide bonds. The van der Waals surface area contributed by atoms with Crippen LogP contribution in [-0.4, -0.2) is 50.0 Å². The van der Waals surface area contributed by atoms with Crippen LogP contribution in [0, 0.1) is 13.8 Å². The lowest BCUT2D eigenvalue weighted by atomic mass is 10.1. The standard InChI is InChI=1S/C21H24N2O5/c1-14-8-15(2)10-16(9-14)21(26)28-13-20(25)23(3)12-19(24)22-17-6-5-7-18(11-17)27-4/h5-11H,12-13H2,1-4H3,(H,22,24). The summed E-state index contributed by atoms with van der Waals surface area (Å²) < 4.78 is 10.2. The predicted molar refractivity (Wildman–Crippen MR) is 105 cm³/mol. The lowest BCUT2D eigenvalue weighted by Crippen LogP contribution is -2.37. The van der Waals surface area contributed by atoms with Crippen molar-refractivity contribution < 1.29 is 23.9 Å². The Morgan fingerprint density at radius 3 is 2.36 bits per heavy atom. The van der Waals surface area contributed by atoms with E-state index in [1.54, 1.807) is 36.4 Å². The number of aryl methyl sites for hydroxylation is 2. The first-order chi connectivity index (χ1) is 13.3. The Labute approximate surface area is 164 Å². The number of hydrogen-bond donors (Lipinski definition) is 1. The molecule has 0 aliphatic carbocycles. The van der Waals surface area contributed by atoms with Gasteiger partial charge in [0.25, 0.3) is 5.91 Å². The van der Waals surface area contributed by atoms with Crippen molar-refractivity contribution in [3.8, 4) is 5.75 Å². The summed E-state index contributed by atoms with van der Waals surface area (Å²) >= 11 is 0. The Morgan fingerprint density at radius 2 is 1.71 bits per heavy atom. The average molecular weight is 384 g/mol. The molecule has 0 atom stereocenters. The van der Waals surface area contributed by atoms with Crippen molar-refractivity contribution in [2.24, 2.45) is 0 Å². The number of carbonyl (C=O) groups is 3. The van der Waals surface area contributed by atoms with Crippen molar-refractivity contribution >= 4 is 23.5 Å². The highest BCUT2D eigenvalue weighted by Crippen LogP contribution is 2.16. The summed E-state index contributed by atoms with van der Waals surface area (Å²) in [5, 5.41) is 2.69. The van der Waals surface area contributed by atoms with Gasteiger partial charge in [0, 0.05) is 18.8 Å². The fraction of sp³-hybridized carbons (Fsp3) is 0.286. The summed E-state index contributed by atoms with van der Waals surface area (Å²) in [4.78, 5) is 37.6. The van der Waals surface area contributed by atoms with Gasteiger partial charge in [-0.15, -0.1) is 0 Å². The van der Waals surface area contributed by atoms with Crippen molar-refractivity contribution in [1.82, 2.24) is 4.90 Å². The molecule has 1 N–H and O–H groups in total. The maximum atomic E-state index is 12.1. The molecule has 28 heavy (non-hydrogen) atoms. The molecule has 7 nitrogen and oxygen atoms in total. The Bertz CT molecular complexity index is 859. The topological polar surface area (TPSA) is 84.9 Å². The van der Waals surface area contributed by atoms with Gasteiger partial charge >= 0.3 is 5.97 Å². The second-order valence-electron chi connectivity index (χ2n) is 6.48. The highest BCUT2D eigenvalue weighted by molar-refractivity contribution is 5.95. The predicted octanol–water partition coefficient (Wildman–Crippen LogP) is 2.57. The normalized spacial score (nSPS) is 10.1. The molecule has 2 aromatic rings. The van der Waals surface area contributed by atoms with E-state index in [0.717, 1.165) is 11.1 Å². The summed E-state index contributed by atoms with van der Waals surface area (Å²) in [6.45, 7) is 3.15. The molecular weight excluding hydrogens is 360 g/mol. The van der Waals surface area contributed by atoms with Crippen LogP contribution in [0.4, 0.5) is 5.69 Å². The molecule has 0 aliphatic rings. The van der Waals surface area contributed by atoms with Crippen LogP contribution < -0.4 is 10.1 Å². The van der Waals surface area contributed by atoms with Gasteiger partial charge in [-0.05, 0) is 38.1 Å². The third kappa shape index (κ3) is 6.12. The first-order valence-electron chi connectivity index (χ1n) is 8.72. The molecule has 0 unspecified atom stereocenters. The van der Waals surface area contributed by atoms with Crippen LogP contribution in [0.5, 0.6) is 5.75 Å². The van der Waals surface area contributed by atoms with Gasteiger partial charge in [0.2, 0.25) is 5.91 Å². The number of rotatable bonds is 7. The van der Waals surface area contributed by atoms with E-state index in [2.05, 4.69) is 5.32 Å². The molecule has 0 saturated carbocycles. The Morgan fingerprint density at radius 1 is 1.04 bits per heavy atom. The highest BCUT2D eigenvalue weighted by Gasteiger charge is 2.16. The zero-order valence-electron chi connectivity index (χ0n) is 16.4. The monoisotopic (exact) mass is 384 g/mol. The number of hydrogen-bond acceptors (Lipinski definition) is 5. The van der Waals surface area contributed by atoms with E-state index in [9.17, 15) is 14.4 Å². The smallest absolute Gasteiger partial charge is 0.338 e. The molecule has 7 heteroatoms. The third-order valence-corrected chi connectivity index (χ3v) is 3.94. The fourth-order valence-electron chi connectivity index (χ4n) is 2.62. The molecule has 148 valence electrons. The molecule has 0 heterocycles. The largest absolute Gasteiger partial charge is 0.497 e. The Kier molecular flexibility index (Phi) is 7.14. The molecule has 0 radical (unpaired) electrons. The Balaban J connectivity index is 1.84. The average Bonchev–Trinajstić information content (AvgIpc) is 2.64. The number of likely N-dealkylation sites (N-methyl/N-ethyl adjacent to an activating group) is 1. The number of nitrogens with one attached hydrogen (secondary N) is 1. The van der Waals surface area contributed by atoms with E-state index < -0.39 is 18.5 Å². The first-order valence-corrected chi connectivity index (χ1v) is 8.72. The minimum absolute atomic E-state index is 0.169. The lowest BCUT2D eigenvalue weighted by molar-refractivity contribution is -0.136. The zero-order chi connectivity index (χ0) is 20.7. The van der Waals surface area contributed by atoms with Gasteiger partial charge in [0.1, 0.15) is 5.75 Å². The molecule has 2 aromatic carbocycles. The van der Waals surface area contributed by atoms with Gasteiger partial charge in [-0.25, -0.2) is 4.79 Å². The summed E-state index contributed by atoms with van der Waals surface area (Å²) in [6, 6.07) is 12.2. The number of methoxy groups -OCH3 is 1. The van der Waals surface area contributed by atoms with Crippen molar-refractivity contribution in [1.29, 1.82) is 0 Å².